The van der Waals surface area contributed by atoms with Crippen LogP contribution >= 0.6 is 0 Å². The number of anilines is 1. The first-order valence-electron chi connectivity index (χ1n) is 6.34. The van der Waals surface area contributed by atoms with Crippen LogP contribution in [0.15, 0.2) is 30.5 Å². The lowest BCUT2D eigenvalue weighted by Gasteiger charge is -2.27. The van der Waals surface area contributed by atoms with Crippen LogP contribution in [-0.2, 0) is 0 Å². The Balaban J connectivity index is 2.66. The molecule has 1 aromatic heterocycles. The van der Waals surface area contributed by atoms with Crippen molar-refractivity contribution in [1.29, 1.82) is 0 Å². The van der Waals surface area contributed by atoms with Crippen molar-refractivity contribution >= 4 is 22.6 Å². The van der Waals surface area contributed by atoms with Crippen molar-refractivity contribution in [2.75, 3.05) is 5.32 Å². The number of carboxylic acids is 1. The maximum atomic E-state index is 11.4. The van der Waals surface area contributed by atoms with Gasteiger partial charge in [0.15, 0.2) is 0 Å². The van der Waals surface area contributed by atoms with Crippen LogP contribution in [0.3, 0.4) is 0 Å². The van der Waals surface area contributed by atoms with Crippen LogP contribution in [-0.4, -0.2) is 21.6 Å². The van der Waals surface area contributed by atoms with Crippen molar-refractivity contribution in [2.45, 2.75) is 32.7 Å². The summed E-state index contributed by atoms with van der Waals surface area (Å²) in [6.45, 7) is 6.17. The molecule has 0 saturated carbocycles. The summed E-state index contributed by atoms with van der Waals surface area (Å²) < 4.78 is 0. The van der Waals surface area contributed by atoms with E-state index in [9.17, 15) is 9.90 Å². The van der Waals surface area contributed by atoms with Gasteiger partial charge in [-0.1, -0.05) is 25.1 Å². The van der Waals surface area contributed by atoms with E-state index in [-0.39, 0.29) is 11.1 Å². The number of fused-ring (bicyclic) bond motifs is 1. The number of nitrogens with one attached hydrogen (secondary N) is 1. The fraction of sp³-hybridized carbons (Fsp3) is 0.333. The maximum Gasteiger partial charge on any atom is 0.339 e. The minimum atomic E-state index is -0.965. The van der Waals surface area contributed by atoms with E-state index in [0.717, 1.165) is 17.3 Å². The van der Waals surface area contributed by atoms with Gasteiger partial charge in [-0.25, -0.2) is 4.79 Å². The zero-order valence-corrected chi connectivity index (χ0v) is 11.4. The molecule has 1 heterocycles. The molecule has 0 spiro atoms. The second-order valence-electron chi connectivity index (χ2n) is 5.23. The molecule has 0 aliphatic heterocycles. The molecule has 0 aliphatic carbocycles. The molecule has 4 heteroatoms. The van der Waals surface area contributed by atoms with E-state index in [2.05, 4.69) is 17.2 Å². The predicted molar refractivity (Wildman–Crippen MR) is 76.7 cm³/mol. The van der Waals surface area contributed by atoms with Crippen LogP contribution in [0.25, 0.3) is 10.9 Å². The molecule has 0 fully saturated rings. The van der Waals surface area contributed by atoms with E-state index in [1.807, 2.05) is 38.1 Å². The monoisotopic (exact) mass is 258 g/mol. The van der Waals surface area contributed by atoms with Gasteiger partial charge in [0.25, 0.3) is 0 Å². The lowest BCUT2D eigenvalue weighted by Crippen LogP contribution is -2.30. The average Bonchev–Trinajstić information content (AvgIpc) is 2.38. The molecule has 0 amide bonds. The number of nitrogens with zero attached hydrogens (tertiary/aromatic N) is 1. The van der Waals surface area contributed by atoms with E-state index >= 15 is 0 Å². The standard InChI is InChI=1S/C15H18N2O2/c1-4-15(2,3)17-13-10-7-5-6-8-12(10)16-9-11(13)14(18)19/h5-9H,4H2,1-3H3,(H,16,17)(H,18,19). The van der Waals surface area contributed by atoms with E-state index in [0.29, 0.717) is 5.69 Å². The van der Waals surface area contributed by atoms with Gasteiger partial charge in [0.2, 0.25) is 0 Å². The second kappa shape index (κ2) is 4.88. The lowest BCUT2D eigenvalue weighted by molar-refractivity contribution is 0.0697. The summed E-state index contributed by atoms with van der Waals surface area (Å²) in [7, 11) is 0. The van der Waals surface area contributed by atoms with Gasteiger partial charge in [-0.05, 0) is 26.3 Å². The number of pyridine rings is 1. The van der Waals surface area contributed by atoms with E-state index in [4.69, 9.17) is 0 Å². The first kappa shape index (κ1) is 13.3. The third kappa shape index (κ3) is 2.67. The molecule has 2 aromatic rings. The van der Waals surface area contributed by atoms with Crippen molar-refractivity contribution in [3.63, 3.8) is 0 Å². The molecule has 100 valence electrons. The van der Waals surface area contributed by atoms with Gasteiger partial charge in [0.1, 0.15) is 5.56 Å². The molecular weight excluding hydrogens is 240 g/mol. The summed E-state index contributed by atoms with van der Waals surface area (Å²) >= 11 is 0. The lowest BCUT2D eigenvalue weighted by atomic mass is 9.99. The van der Waals surface area contributed by atoms with E-state index < -0.39 is 5.97 Å². The number of hydrogen-bond donors (Lipinski definition) is 2. The number of aromatic nitrogens is 1. The Morgan fingerprint density at radius 3 is 2.68 bits per heavy atom. The molecule has 1 aromatic carbocycles. The highest BCUT2D eigenvalue weighted by molar-refractivity contribution is 6.04. The molecule has 0 unspecified atom stereocenters. The maximum absolute atomic E-state index is 11.4. The van der Waals surface area contributed by atoms with Crippen molar-refractivity contribution in [1.82, 2.24) is 4.98 Å². The Bertz CT molecular complexity index is 621. The summed E-state index contributed by atoms with van der Waals surface area (Å²) in [5.74, 6) is -0.965. The van der Waals surface area contributed by atoms with E-state index in [1.165, 1.54) is 6.20 Å². The van der Waals surface area contributed by atoms with Crippen LogP contribution in [0, 0.1) is 0 Å². The normalized spacial score (nSPS) is 11.5. The van der Waals surface area contributed by atoms with Gasteiger partial charge >= 0.3 is 5.97 Å². The Morgan fingerprint density at radius 1 is 1.37 bits per heavy atom. The summed E-state index contributed by atoms with van der Waals surface area (Å²) in [6, 6.07) is 7.55. The Morgan fingerprint density at radius 2 is 2.05 bits per heavy atom. The molecule has 4 nitrogen and oxygen atoms in total. The fourth-order valence-electron chi connectivity index (χ4n) is 1.86. The number of rotatable bonds is 4. The largest absolute Gasteiger partial charge is 0.478 e. The minimum absolute atomic E-state index is 0.172. The van der Waals surface area contributed by atoms with Crippen LogP contribution in [0.5, 0.6) is 0 Å². The van der Waals surface area contributed by atoms with Gasteiger partial charge in [0, 0.05) is 17.1 Å². The van der Waals surface area contributed by atoms with Crippen LogP contribution in [0.1, 0.15) is 37.6 Å². The molecular formula is C15H18N2O2. The molecule has 0 aliphatic rings. The first-order valence-corrected chi connectivity index (χ1v) is 6.34. The predicted octanol–water partition coefficient (Wildman–Crippen LogP) is 3.53. The number of carboxylic acid groups (broad SMARTS) is 1. The average molecular weight is 258 g/mol. The molecule has 0 bridgehead atoms. The zero-order valence-electron chi connectivity index (χ0n) is 11.4. The van der Waals surface area contributed by atoms with Gasteiger partial charge in [-0.15, -0.1) is 0 Å². The number of benzene rings is 1. The van der Waals surface area contributed by atoms with Crippen molar-refractivity contribution < 1.29 is 9.90 Å². The van der Waals surface area contributed by atoms with E-state index in [1.54, 1.807) is 0 Å². The summed E-state index contributed by atoms with van der Waals surface area (Å²) in [4.78, 5) is 15.6. The van der Waals surface area contributed by atoms with Gasteiger partial charge in [-0.3, -0.25) is 4.98 Å². The number of aromatic carboxylic acids is 1. The van der Waals surface area contributed by atoms with Crippen molar-refractivity contribution in [2.24, 2.45) is 0 Å². The van der Waals surface area contributed by atoms with Crippen LogP contribution in [0.2, 0.25) is 0 Å². The SMILES string of the molecule is CCC(C)(C)Nc1c(C(=O)O)cnc2ccccc12. The van der Waals surface area contributed by atoms with Gasteiger partial charge in [0.05, 0.1) is 11.2 Å². The molecule has 0 radical (unpaired) electrons. The third-order valence-electron chi connectivity index (χ3n) is 3.35. The molecule has 2 N–H and O–H groups in total. The summed E-state index contributed by atoms with van der Waals surface area (Å²) in [5, 5.41) is 13.5. The van der Waals surface area contributed by atoms with Crippen molar-refractivity contribution in [3.05, 3.63) is 36.0 Å². The smallest absolute Gasteiger partial charge is 0.339 e. The quantitative estimate of drug-likeness (QED) is 0.880. The van der Waals surface area contributed by atoms with Gasteiger partial charge < -0.3 is 10.4 Å². The fourth-order valence-corrected chi connectivity index (χ4v) is 1.86. The van der Waals surface area contributed by atoms with Crippen LogP contribution in [0.4, 0.5) is 5.69 Å². The Labute approximate surface area is 112 Å². The number of carbonyl (C=O) groups is 1. The third-order valence-corrected chi connectivity index (χ3v) is 3.35. The van der Waals surface area contributed by atoms with Crippen molar-refractivity contribution in [3.8, 4) is 0 Å². The molecule has 2 rings (SSSR count). The second-order valence-corrected chi connectivity index (χ2v) is 5.23. The number of hydrogen-bond acceptors (Lipinski definition) is 3. The Kier molecular flexibility index (Phi) is 3.42. The summed E-state index contributed by atoms with van der Waals surface area (Å²) in [6.07, 6.45) is 2.31. The highest BCUT2D eigenvalue weighted by atomic mass is 16.4. The zero-order chi connectivity index (χ0) is 14.0. The molecule has 19 heavy (non-hydrogen) atoms. The van der Waals surface area contributed by atoms with Gasteiger partial charge in [-0.2, -0.15) is 0 Å². The van der Waals surface area contributed by atoms with Crippen LogP contribution < -0.4 is 5.32 Å². The topological polar surface area (TPSA) is 62.2 Å². The highest BCUT2D eigenvalue weighted by Crippen LogP contribution is 2.29. The summed E-state index contributed by atoms with van der Waals surface area (Å²) in [5.41, 5.74) is 1.47. The minimum Gasteiger partial charge on any atom is -0.478 e. The highest BCUT2D eigenvalue weighted by Gasteiger charge is 2.21. The molecule has 0 atom stereocenters. The number of para-hydroxylation sites is 1. The first-order chi connectivity index (χ1) is 8.94. The Hall–Kier alpha value is -2.10. The molecule has 0 saturated heterocycles.